The van der Waals surface area contributed by atoms with Crippen molar-refractivity contribution in [1.82, 2.24) is 0 Å². The molecule has 1 aromatic carbocycles. The highest BCUT2D eigenvalue weighted by Gasteiger charge is 2.30. The first-order chi connectivity index (χ1) is 9.11. The Morgan fingerprint density at radius 2 is 2.00 bits per heavy atom. The molecular formula is C16H25NOS. The van der Waals surface area contributed by atoms with Crippen molar-refractivity contribution in [2.75, 3.05) is 7.11 Å². The van der Waals surface area contributed by atoms with Crippen molar-refractivity contribution in [3.05, 3.63) is 24.3 Å². The zero-order valence-electron chi connectivity index (χ0n) is 12.1. The molecule has 1 aliphatic rings. The van der Waals surface area contributed by atoms with Gasteiger partial charge in [0.15, 0.2) is 0 Å². The van der Waals surface area contributed by atoms with Crippen LogP contribution in [0.2, 0.25) is 0 Å². The Morgan fingerprint density at radius 3 is 2.68 bits per heavy atom. The molecule has 0 aromatic heterocycles. The third-order valence-corrected chi connectivity index (χ3v) is 5.61. The predicted molar refractivity (Wildman–Crippen MR) is 82.8 cm³/mol. The second kappa shape index (κ2) is 6.67. The van der Waals surface area contributed by atoms with Crippen LogP contribution in [0.5, 0.6) is 5.75 Å². The molecule has 0 spiro atoms. The Morgan fingerprint density at radius 1 is 1.26 bits per heavy atom. The molecule has 3 heteroatoms. The average Bonchev–Trinajstić information content (AvgIpc) is 2.41. The summed E-state index contributed by atoms with van der Waals surface area (Å²) in [5.41, 5.74) is 6.32. The third kappa shape index (κ3) is 3.67. The van der Waals surface area contributed by atoms with E-state index in [1.165, 1.54) is 17.7 Å². The molecule has 1 aliphatic carbocycles. The lowest BCUT2D eigenvalue weighted by Gasteiger charge is -2.35. The van der Waals surface area contributed by atoms with Crippen molar-refractivity contribution < 1.29 is 4.74 Å². The number of benzene rings is 1. The summed E-state index contributed by atoms with van der Waals surface area (Å²) in [6.45, 7) is 4.65. The fraction of sp³-hybridized carbons (Fsp3) is 0.625. The molecule has 3 atom stereocenters. The fourth-order valence-corrected chi connectivity index (χ4v) is 4.21. The molecule has 2 nitrogen and oxygen atoms in total. The summed E-state index contributed by atoms with van der Waals surface area (Å²) in [5, 5.41) is 0.512. The molecule has 2 N–H and O–H groups in total. The summed E-state index contributed by atoms with van der Waals surface area (Å²) in [4.78, 5) is 1.22. The van der Waals surface area contributed by atoms with E-state index in [4.69, 9.17) is 10.5 Å². The monoisotopic (exact) mass is 279 g/mol. The van der Waals surface area contributed by atoms with Gasteiger partial charge in [-0.1, -0.05) is 26.0 Å². The van der Waals surface area contributed by atoms with Gasteiger partial charge in [-0.15, -0.1) is 11.8 Å². The van der Waals surface area contributed by atoms with Gasteiger partial charge in [0.1, 0.15) is 5.75 Å². The first kappa shape index (κ1) is 14.7. The Bertz CT molecular complexity index is 407. The number of hydrogen-bond donors (Lipinski definition) is 1. The predicted octanol–water partition coefficient (Wildman–Crippen LogP) is 3.94. The SMILES string of the molecule is COc1ccccc1SC1CC(C(C)C)CCC1N. The molecule has 3 unspecified atom stereocenters. The average molecular weight is 279 g/mol. The van der Waals surface area contributed by atoms with Gasteiger partial charge in [-0.2, -0.15) is 0 Å². The molecule has 19 heavy (non-hydrogen) atoms. The van der Waals surface area contributed by atoms with Crippen molar-refractivity contribution in [3.63, 3.8) is 0 Å². The zero-order chi connectivity index (χ0) is 13.8. The molecule has 1 fully saturated rings. The van der Waals surface area contributed by atoms with Crippen molar-refractivity contribution in [2.24, 2.45) is 17.6 Å². The molecule has 1 aromatic rings. The molecule has 0 amide bonds. The van der Waals surface area contributed by atoms with E-state index in [0.717, 1.165) is 24.0 Å². The molecule has 0 heterocycles. The van der Waals surface area contributed by atoms with E-state index in [-0.39, 0.29) is 0 Å². The minimum absolute atomic E-state index is 0.310. The summed E-state index contributed by atoms with van der Waals surface area (Å²) in [5.74, 6) is 2.53. The van der Waals surface area contributed by atoms with Crippen LogP contribution < -0.4 is 10.5 Å². The third-order valence-electron chi connectivity index (χ3n) is 4.17. The van der Waals surface area contributed by atoms with Crippen LogP contribution in [0.4, 0.5) is 0 Å². The lowest BCUT2D eigenvalue weighted by atomic mass is 9.79. The summed E-state index contributed by atoms with van der Waals surface area (Å²) in [6.07, 6.45) is 3.65. The number of para-hydroxylation sites is 1. The Balaban J connectivity index is 2.07. The van der Waals surface area contributed by atoms with Crippen LogP contribution in [0.25, 0.3) is 0 Å². The van der Waals surface area contributed by atoms with Crippen LogP contribution >= 0.6 is 11.8 Å². The van der Waals surface area contributed by atoms with Crippen molar-refractivity contribution in [2.45, 2.75) is 49.3 Å². The number of thioether (sulfide) groups is 1. The van der Waals surface area contributed by atoms with Gasteiger partial charge in [-0.25, -0.2) is 0 Å². The summed E-state index contributed by atoms with van der Waals surface area (Å²) in [6, 6.07) is 8.55. The second-order valence-electron chi connectivity index (χ2n) is 5.79. The Kier molecular flexibility index (Phi) is 5.17. The van der Waals surface area contributed by atoms with E-state index in [1.54, 1.807) is 7.11 Å². The smallest absolute Gasteiger partial charge is 0.132 e. The number of hydrogen-bond acceptors (Lipinski definition) is 3. The van der Waals surface area contributed by atoms with Gasteiger partial charge in [-0.3, -0.25) is 0 Å². The van der Waals surface area contributed by atoms with E-state index in [0.29, 0.717) is 11.3 Å². The molecule has 0 bridgehead atoms. The fourth-order valence-electron chi connectivity index (χ4n) is 2.80. The maximum atomic E-state index is 6.32. The maximum absolute atomic E-state index is 6.32. The second-order valence-corrected chi connectivity index (χ2v) is 7.07. The van der Waals surface area contributed by atoms with E-state index in [2.05, 4.69) is 26.0 Å². The van der Waals surface area contributed by atoms with Crippen LogP contribution in [0, 0.1) is 11.8 Å². The lowest BCUT2D eigenvalue weighted by molar-refractivity contribution is 0.266. The van der Waals surface area contributed by atoms with E-state index in [1.807, 2.05) is 23.9 Å². The largest absolute Gasteiger partial charge is 0.496 e. The molecule has 1 saturated carbocycles. The Labute approximate surface area is 121 Å². The summed E-state index contributed by atoms with van der Waals surface area (Å²) >= 11 is 1.89. The van der Waals surface area contributed by atoms with Crippen LogP contribution in [-0.4, -0.2) is 18.4 Å². The highest BCUT2D eigenvalue weighted by atomic mass is 32.2. The first-order valence-corrected chi connectivity index (χ1v) is 8.05. The normalized spacial score (nSPS) is 27.5. The summed E-state index contributed by atoms with van der Waals surface area (Å²) < 4.78 is 5.43. The van der Waals surface area contributed by atoms with Gasteiger partial charge in [0, 0.05) is 16.2 Å². The van der Waals surface area contributed by atoms with Crippen LogP contribution in [0.1, 0.15) is 33.1 Å². The number of ether oxygens (including phenoxy) is 1. The van der Waals surface area contributed by atoms with Crippen molar-refractivity contribution in [1.29, 1.82) is 0 Å². The molecule has 0 saturated heterocycles. The number of rotatable bonds is 4. The highest BCUT2D eigenvalue weighted by Crippen LogP contribution is 2.41. The van der Waals surface area contributed by atoms with Crippen LogP contribution in [0.15, 0.2) is 29.2 Å². The van der Waals surface area contributed by atoms with Gasteiger partial charge in [0.25, 0.3) is 0 Å². The molecular weight excluding hydrogens is 254 g/mol. The molecule has 0 radical (unpaired) electrons. The molecule has 106 valence electrons. The number of nitrogens with two attached hydrogens (primary N) is 1. The molecule has 2 rings (SSSR count). The maximum Gasteiger partial charge on any atom is 0.132 e. The zero-order valence-corrected chi connectivity index (χ0v) is 13.0. The van der Waals surface area contributed by atoms with Crippen LogP contribution in [0.3, 0.4) is 0 Å². The van der Waals surface area contributed by atoms with Crippen molar-refractivity contribution >= 4 is 11.8 Å². The van der Waals surface area contributed by atoms with Crippen LogP contribution in [-0.2, 0) is 0 Å². The Hall–Kier alpha value is -0.670. The van der Waals surface area contributed by atoms with E-state index in [9.17, 15) is 0 Å². The minimum Gasteiger partial charge on any atom is -0.496 e. The summed E-state index contributed by atoms with van der Waals surface area (Å²) in [7, 11) is 1.73. The van der Waals surface area contributed by atoms with E-state index >= 15 is 0 Å². The first-order valence-electron chi connectivity index (χ1n) is 7.17. The molecule has 0 aliphatic heterocycles. The number of methoxy groups -OCH3 is 1. The minimum atomic E-state index is 0.310. The van der Waals surface area contributed by atoms with Crippen molar-refractivity contribution in [3.8, 4) is 5.75 Å². The quantitative estimate of drug-likeness (QED) is 0.906. The topological polar surface area (TPSA) is 35.2 Å². The van der Waals surface area contributed by atoms with Gasteiger partial charge >= 0.3 is 0 Å². The highest BCUT2D eigenvalue weighted by molar-refractivity contribution is 8.00. The van der Waals surface area contributed by atoms with Gasteiger partial charge in [0.05, 0.1) is 7.11 Å². The van der Waals surface area contributed by atoms with E-state index < -0.39 is 0 Å². The lowest BCUT2D eigenvalue weighted by Crippen LogP contribution is -2.39. The van der Waals surface area contributed by atoms with Gasteiger partial charge < -0.3 is 10.5 Å². The van der Waals surface area contributed by atoms with Gasteiger partial charge in [-0.05, 0) is 43.2 Å². The standard InChI is InChI=1S/C16H25NOS/c1-11(2)12-8-9-13(17)16(10-12)19-15-7-5-4-6-14(15)18-3/h4-7,11-13,16H,8-10,17H2,1-3H3. The van der Waals surface area contributed by atoms with Gasteiger partial charge in [0.2, 0.25) is 0 Å².